The molecule has 2 N–H and O–H groups in total. The van der Waals surface area contributed by atoms with Crippen LogP contribution in [0.2, 0.25) is 0 Å². The van der Waals surface area contributed by atoms with Crippen LogP contribution in [0.25, 0.3) is 0 Å². The first-order valence-electron chi connectivity index (χ1n) is 6.28. The number of aromatic nitrogens is 2. The second-order valence-electron chi connectivity index (χ2n) is 4.62. The van der Waals surface area contributed by atoms with Gasteiger partial charge >= 0.3 is 6.18 Å². The Labute approximate surface area is 120 Å². The molecule has 0 aliphatic heterocycles. The van der Waals surface area contributed by atoms with Gasteiger partial charge in [-0.1, -0.05) is 0 Å². The minimum atomic E-state index is -4.48. The van der Waals surface area contributed by atoms with Gasteiger partial charge in [-0.25, -0.2) is 9.97 Å². The van der Waals surface area contributed by atoms with E-state index >= 15 is 0 Å². The number of rotatable bonds is 6. The number of anilines is 2. The maximum absolute atomic E-state index is 11.9. The third kappa shape index (κ3) is 6.77. The molecular formula is C12H18F3N5O. The minimum absolute atomic E-state index is 0.0786. The molecule has 0 atom stereocenters. The molecule has 0 fully saturated rings. The van der Waals surface area contributed by atoms with Crippen LogP contribution in [-0.2, 0) is 4.79 Å². The van der Waals surface area contributed by atoms with Gasteiger partial charge in [0, 0.05) is 33.3 Å². The number of halogens is 3. The van der Waals surface area contributed by atoms with E-state index in [1.54, 1.807) is 13.0 Å². The molecule has 1 amide bonds. The molecule has 1 heterocycles. The number of hydrogen-bond acceptors (Lipinski definition) is 5. The molecule has 0 aliphatic rings. The predicted molar refractivity (Wildman–Crippen MR) is 73.3 cm³/mol. The molecule has 0 spiro atoms. The van der Waals surface area contributed by atoms with E-state index in [1.165, 1.54) is 0 Å². The molecule has 9 heteroatoms. The Morgan fingerprint density at radius 1 is 1.29 bits per heavy atom. The Hall–Kier alpha value is -2.06. The maximum atomic E-state index is 11.9. The number of nitrogens with one attached hydrogen (secondary N) is 2. The third-order valence-electron chi connectivity index (χ3n) is 2.40. The lowest BCUT2D eigenvalue weighted by molar-refractivity contribution is -0.153. The van der Waals surface area contributed by atoms with Crippen molar-refractivity contribution in [3.05, 3.63) is 11.9 Å². The lowest BCUT2D eigenvalue weighted by Crippen LogP contribution is -2.32. The molecule has 6 nitrogen and oxygen atoms in total. The van der Waals surface area contributed by atoms with Crippen molar-refractivity contribution >= 4 is 17.5 Å². The average Bonchev–Trinajstić information content (AvgIpc) is 2.31. The topological polar surface area (TPSA) is 70.2 Å². The van der Waals surface area contributed by atoms with Crippen LogP contribution in [0.4, 0.5) is 24.8 Å². The molecule has 0 aliphatic carbocycles. The van der Waals surface area contributed by atoms with E-state index in [0.717, 1.165) is 0 Å². The SMILES string of the molecule is Cc1nc(NCCNC(=O)CC(F)(F)F)cc(N(C)C)n1. The number of carbonyl (C=O) groups is 1. The molecule has 1 aromatic rings. The van der Waals surface area contributed by atoms with Crippen LogP contribution in [-0.4, -0.2) is 49.2 Å². The van der Waals surface area contributed by atoms with Gasteiger partial charge in [0.15, 0.2) is 0 Å². The fourth-order valence-electron chi connectivity index (χ4n) is 1.51. The van der Waals surface area contributed by atoms with Crippen LogP contribution in [0.15, 0.2) is 6.07 Å². The maximum Gasteiger partial charge on any atom is 0.397 e. The van der Waals surface area contributed by atoms with E-state index in [2.05, 4.69) is 20.6 Å². The molecule has 1 rings (SSSR count). The Morgan fingerprint density at radius 3 is 2.52 bits per heavy atom. The van der Waals surface area contributed by atoms with E-state index in [0.29, 0.717) is 17.5 Å². The van der Waals surface area contributed by atoms with Crippen LogP contribution in [0.5, 0.6) is 0 Å². The summed E-state index contributed by atoms with van der Waals surface area (Å²) in [5.74, 6) is 0.796. The smallest absolute Gasteiger partial charge is 0.368 e. The number of aryl methyl sites for hydroxylation is 1. The van der Waals surface area contributed by atoms with E-state index in [4.69, 9.17) is 0 Å². The van der Waals surface area contributed by atoms with Gasteiger partial charge in [0.1, 0.15) is 23.9 Å². The first-order valence-corrected chi connectivity index (χ1v) is 6.28. The third-order valence-corrected chi connectivity index (χ3v) is 2.40. The second kappa shape index (κ2) is 7.09. The molecule has 0 radical (unpaired) electrons. The largest absolute Gasteiger partial charge is 0.397 e. The zero-order chi connectivity index (χ0) is 16.0. The zero-order valence-electron chi connectivity index (χ0n) is 12.1. The van der Waals surface area contributed by atoms with Gasteiger partial charge in [-0.15, -0.1) is 0 Å². The summed E-state index contributed by atoms with van der Waals surface area (Å²) in [6, 6.07) is 1.71. The predicted octanol–water partition coefficient (Wildman–Crippen LogP) is 1.33. The number of amides is 1. The highest BCUT2D eigenvalue weighted by Crippen LogP contribution is 2.18. The standard InChI is InChI=1S/C12H18F3N5O/c1-8-18-9(6-10(19-8)20(2)3)16-4-5-17-11(21)7-12(13,14)15/h6H,4-5,7H2,1-3H3,(H,17,21)(H,16,18,19). The van der Waals surface area contributed by atoms with Gasteiger partial charge in [-0.05, 0) is 6.92 Å². The molecule has 0 bridgehead atoms. The van der Waals surface area contributed by atoms with Crippen LogP contribution >= 0.6 is 0 Å². The Kier molecular flexibility index (Phi) is 5.74. The van der Waals surface area contributed by atoms with E-state index < -0.39 is 18.5 Å². The summed E-state index contributed by atoms with van der Waals surface area (Å²) < 4.78 is 35.8. The summed E-state index contributed by atoms with van der Waals surface area (Å²) in [5.41, 5.74) is 0. The van der Waals surface area contributed by atoms with Crippen LogP contribution in [0, 0.1) is 6.92 Å². The van der Waals surface area contributed by atoms with Crippen molar-refractivity contribution in [1.29, 1.82) is 0 Å². The van der Waals surface area contributed by atoms with Crippen molar-refractivity contribution in [2.45, 2.75) is 19.5 Å². The summed E-state index contributed by atoms with van der Waals surface area (Å²) in [6.45, 7) is 2.09. The zero-order valence-corrected chi connectivity index (χ0v) is 12.1. The average molecular weight is 305 g/mol. The molecule has 118 valence electrons. The Bertz CT molecular complexity index is 490. The molecule has 0 aromatic carbocycles. The minimum Gasteiger partial charge on any atom is -0.368 e. The van der Waals surface area contributed by atoms with E-state index in [1.807, 2.05) is 19.0 Å². The number of hydrogen-bond donors (Lipinski definition) is 2. The van der Waals surface area contributed by atoms with Gasteiger partial charge in [0.2, 0.25) is 5.91 Å². The van der Waals surface area contributed by atoms with Gasteiger partial charge in [0.25, 0.3) is 0 Å². The fraction of sp³-hybridized carbons (Fsp3) is 0.583. The Morgan fingerprint density at radius 2 is 1.95 bits per heavy atom. The molecule has 0 unspecified atom stereocenters. The van der Waals surface area contributed by atoms with Crippen LogP contribution < -0.4 is 15.5 Å². The number of carbonyl (C=O) groups excluding carboxylic acids is 1. The normalized spacial score (nSPS) is 11.1. The van der Waals surface area contributed by atoms with Crippen molar-refractivity contribution in [2.24, 2.45) is 0 Å². The van der Waals surface area contributed by atoms with E-state index in [-0.39, 0.29) is 13.1 Å². The monoisotopic (exact) mass is 305 g/mol. The first-order chi connectivity index (χ1) is 9.67. The lowest BCUT2D eigenvalue weighted by atomic mass is 10.4. The van der Waals surface area contributed by atoms with Gasteiger partial charge < -0.3 is 15.5 Å². The molecule has 0 saturated heterocycles. The molecule has 21 heavy (non-hydrogen) atoms. The van der Waals surface area contributed by atoms with Crippen molar-refractivity contribution < 1.29 is 18.0 Å². The van der Waals surface area contributed by atoms with Crippen LogP contribution in [0.1, 0.15) is 12.2 Å². The quantitative estimate of drug-likeness (QED) is 0.776. The van der Waals surface area contributed by atoms with Gasteiger partial charge in [0.05, 0.1) is 0 Å². The molecular weight excluding hydrogens is 287 g/mol. The highest BCUT2D eigenvalue weighted by atomic mass is 19.4. The molecule has 0 saturated carbocycles. The highest BCUT2D eigenvalue weighted by Gasteiger charge is 2.30. The fourth-order valence-corrected chi connectivity index (χ4v) is 1.51. The van der Waals surface area contributed by atoms with Crippen molar-refractivity contribution in [3.8, 4) is 0 Å². The number of nitrogens with zero attached hydrogens (tertiary/aromatic N) is 3. The summed E-state index contributed by atoms with van der Waals surface area (Å²) in [4.78, 5) is 21.1. The summed E-state index contributed by atoms with van der Waals surface area (Å²) >= 11 is 0. The van der Waals surface area contributed by atoms with Crippen LogP contribution in [0.3, 0.4) is 0 Å². The van der Waals surface area contributed by atoms with Gasteiger partial charge in [-0.2, -0.15) is 13.2 Å². The van der Waals surface area contributed by atoms with Crippen molar-refractivity contribution in [2.75, 3.05) is 37.4 Å². The summed E-state index contributed by atoms with van der Waals surface area (Å²) in [5, 5.41) is 5.11. The van der Waals surface area contributed by atoms with Crippen molar-refractivity contribution in [3.63, 3.8) is 0 Å². The second-order valence-corrected chi connectivity index (χ2v) is 4.62. The van der Waals surface area contributed by atoms with E-state index in [9.17, 15) is 18.0 Å². The highest BCUT2D eigenvalue weighted by molar-refractivity contribution is 5.76. The van der Waals surface area contributed by atoms with Gasteiger partial charge in [-0.3, -0.25) is 4.79 Å². The molecule has 1 aromatic heterocycles. The Balaban J connectivity index is 2.41. The van der Waals surface area contributed by atoms with Crippen molar-refractivity contribution in [1.82, 2.24) is 15.3 Å². The lowest BCUT2D eigenvalue weighted by Gasteiger charge is -2.14. The first kappa shape index (κ1) is 17.0. The number of alkyl halides is 3. The summed E-state index contributed by atoms with van der Waals surface area (Å²) in [6.07, 6.45) is -5.95. The summed E-state index contributed by atoms with van der Waals surface area (Å²) in [7, 11) is 3.67.